The highest BCUT2D eigenvalue weighted by molar-refractivity contribution is 5.85. The number of carbonyl (C=O) groups is 1. The first kappa shape index (κ1) is 18.8. The minimum atomic E-state index is 0. The van der Waals surface area contributed by atoms with Gasteiger partial charge in [0.1, 0.15) is 5.75 Å². The van der Waals surface area contributed by atoms with Crippen molar-refractivity contribution in [3.05, 3.63) is 29.3 Å². The van der Waals surface area contributed by atoms with Gasteiger partial charge in [0, 0.05) is 12.1 Å². The first-order valence-corrected chi connectivity index (χ1v) is 7.79. The molecular formula is C17H27ClN2O2. The molecule has 5 heteroatoms. The van der Waals surface area contributed by atoms with E-state index in [9.17, 15) is 4.79 Å². The normalized spacial score (nSPS) is 20.9. The Bertz CT molecular complexity index is 494. The fraction of sp³-hybridized carbons (Fsp3) is 0.588. The van der Waals surface area contributed by atoms with E-state index in [4.69, 9.17) is 4.74 Å². The van der Waals surface area contributed by atoms with Gasteiger partial charge in [-0.05, 0) is 63.4 Å². The number of rotatable bonds is 5. The molecule has 1 aliphatic heterocycles. The fourth-order valence-corrected chi connectivity index (χ4v) is 2.59. The molecule has 1 aliphatic rings. The Kier molecular flexibility index (Phi) is 7.69. The average Bonchev–Trinajstić information content (AvgIpc) is 2.45. The van der Waals surface area contributed by atoms with Crippen LogP contribution in [0.15, 0.2) is 18.2 Å². The number of carbonyl (C=O) groups excluding carboxylic acids is 1. The molecule has 1 amide bonds. The molecular weight excluding hydrogens is 300 g/mol. The van der Waals surface area contributed by atoms with E-state index < -0.39 is 0 Å². The van der Waals surface area contributed by atoms with Crippen LogP contribution in [-0.2, 0) is 4.79 Å². The lowest BCUT2D eigenvalue weighted by atomic mass is 10.00. The zero-order valence-corrected chi connectivity index (χ0v) is 14.5. The van der Waals surface area contributed by atoms with E-state index in [1.807, 2.05) is 18.2 Å². The van der Waals surface area contributed by atoms with Crippen molar-refractivity contribution in [2.75, 3.05) is 13.2 Å². The van der Waals surface area contributed by atoms with E-state index in [2.05, 4.69) is 31.4 Å². The maximum absolute atomic E-state index is 11.9. The van der Waals surface area contributed by atoms with E-state index in [1.165, 1.54) is 11.1 Å². The molecule has 2 atom stereocenters. The largest absolute Gasteiger partial charge is 0.493 e. The monoisotopic (exact) mass is 326 g/mol. The minimum Gasteiger partial charge on any atom is -0.493 e. The lowest BCUT2D eigenvalue weighted by molar-refractivity contribution is -0.122. The van der Waals surface area contributed by atoms with Crippen molar-refractivity contribution in [3.8, 4) is 5.75 Å². The molecule has 22 heavy (non-hydrogen) atoms. The summed E-state index contributed by atoms with van der Waals surface area (Å²) in [5.41, 5.74) is 2.46. The van der Waals surface area contributed by atoms with Crippen molar-refractivity contribution in [1.82, 2.24) is 10.6 Å². The summed E-state index contributed by atoms with van der Waals surface area (Å²) in [6, 6.07) is 6.60. The molecule has 1 heterocycles. The van der Waals surface area contributed by atoms with Gasteiger partial charge in [-0.15, -0.1) is 12.4 Å². The molecule has 1 saturated heterocycles. The Morgan fingerprint density at radius 2 is 2.14 bits per heavy atom. The third-order valence-corrected chi connectivity index (χ3v) is 4.18. The highest BCUT2D eigenvalue weighted by Gasteiger charge is 2.21. The number of nitrogens with one attached hydrogen (secondary N) is 2. The van der Waals surface area contributed by atoms with Gasteiger partial charge in [0.15, 0.2) is 0 Å². The summed E-state index contributed by atoms with van der Waals surface area (Å²) in [6.45, 7) is 7.72. The van der Waals surface area contributed by atoms with Crippen molar-refractivity contribution in [2.45, 2.75) is 52.1 Å². The highest BCUT2D eigenvalue weighted by Crippen LogP contribution is 2.16. The van der Waals surface area contributed by atoms with Gasteiger partial charge in [-0.25, -0.2) is 0 Å². The SMILES string of the molecule is Cc1ccc(OCCC(=O)NC2CCCNC2C)cc1C.Cl. The summed E-state index contributed by atoms with van der Waals surface area (Å²) < 4.78 is 5.65. The molecule has 1 aromatic rings. The van der Waals surface area contributed by atoms with Crippen LogP contribution in [0.1, 0.15) is 37.3 Å². The molecule has 2 rings (SSSR count). The predicted molar refractivity (Wildman–Crippen MR) is 91.9 cm³/mol. The summed E-state index contributed by atoms with van der Waals surface area (Å²) in [7, 11) is 0. The highest BCUT2D eigenvalue weighted by atomic mass is 35.5. The lowest BCUT2D eigenvalue weighted by Gasteiger charge is -2.30. The number of benzene rings is 1. The molecule has 2 unspecified atom stereocenters. The lowest BCUT2D eigenvalue weighted by Crippen LogP contribution is -2.52. The zero-order chi connectivity index (χ0) is 15.2. The maximum Gasteiger partial charge on any atom is 0.223 e. The van der Waals surface area contributed by atoms with Crippen molar-refractivity contribution in [1.29, 1.82) is 0 Å². The molecule has 4 nitrogen and oxygen atoms in total. The zero-order valence-electron chi connectivity index (χ0n) is 13.6. The van der Waals surface area contributed by atoms with E-state index in [-0.39, 0.29) is 24.4 Å². The van der Waals surface area contributed by atoms with Crippen molar-refractivity contribution in [3.63, 3.8) is 0 Å². The molecule has 0 aromatic heterocycles. The quantitative estimate of drug-likeness (QED) is 0.874. The first-order valence-electron chi connectivity index (χ1n) is 7.79. The summed E-state index contributed by atoms with van der Waals surface area (Å²) in [4.78, 5) is 11.9. The van der Waals surface area contributed by atoms with E-state index in [1.54, 1.807) is 0 Å². The van der Waals surface area contributed by atoms with Gasteiger partial charge in [0.2, 0.25) is 5.91 Å². The van der Waals surface area contributed by atoms with Crippen LogP contribution in [-0.4, -0.2) is 31.1 Å². The van der Waals surface area contributed by atoms with Crippen LogP contribution < -0.4 is 15.4 Å². The average molecular weight is 327 g/mol. The number of ether oxygens (including phenoxy) is 1. The smallest absolute Gasteiger partial charge is 0.223 e. The van der Waals surface area contributed by atoms with Crippen molar-refractivity contribution >= 4 is 18.3 Å². The Labute approximate surface area is 139 Å². The van der Waals surface area contributed by atoms with Crippen molar-refractivity contribution < 1.29 is 9.53 Å². The van der Waals surface area contributed by atoms with Gasteiger partial charge in [0.25, 0.3) is 0 Å². The van der Waals surface area contributed by atoms with Gasteiger partial charge in [-0.1, -0.05) is 6.07 Å². The van der Waals surface area contributed by atoms with Crippen LogP contribution in [0.4, 0.5) is 0 Å². The molecule has 124 valence electrons. The molecule has 1 fully saturated rings. The molecule has 0 aliphatic carbocycles. The first-order chi connectivity index (χ1) is 10.1. The number of piperidine rings is 1. The summed E-state index contributed by atoms with van der Waals surface area (Å²) >= 11 is 0. The molecule has 0 bridgehead atoms. The number of halogens is 1. The van der Waals surface area contributed by atoms with Crippen molar-refractivity contribution in [2.24, 2.45) is 0 Å². The van der Waals surface area contributed by atoms with Gasteiger partial charge in [0.05, 0.1) is 13.0 Å². The van der Waals surface area contributed by atoms with Gasteiger partial charge >= 0.3 is 0 Å². The predicted octanol–water partition coefficient (Wildman–Crippen LogP) is 2.75. The van der Waals surface area contributed by atoms with E-state index in [0.717, 1.165) is 25.1 Å². The number of hydrogen-bond acceptors (Lipinski definition) is 3. The van der Waals surface area contributed by atoms with Crippen LogP contribution in [0.2, 0.25) is 0 Å². The Morgan fingerprint density at radius 3 is 2.82 bits per heavy atom. The molecule has 1 aromatic carbocycles. The maximum atomic E-state index is 11.9. The third kappa shape index (κ3) is 5.50. The van der Waals surface area contributed by atoms with Crippen LogP contribution >= 0.6 is 12.4 Å². The minimum absolute atomic E-state index is 0. The second-order valence-electron chi connectivity index (χ2n) is 5.90. The number of hydrogen-bond donors (Lipinski definition) is 2. The second kappa shape index (κ2) is 9.01. The summed E-state index contributed by atoms with van der Waals surface area (Å²) in [5, 5.41) is 6.48. The second-order valence-corrected chi connectivity index (χ2v) is 5.90. The Balaban J connectivity index is 0.00000242. The Hall–Kier alpha value is -1.26. The third-order valence-electron chi connectivity index (χ3n) is 4.18. The molecule has 0 saturated carbocycles. The fourth-order valence-electron chi connectivity index (χ4n) is 2.59. The van der Waals surface area contributed by atoms with Gasteiger partial charge in [-0.2, -0.15) is 0 Å². The molecule has 0 radical (unpaired) electrons. The van der Waals surface area contributed by atoms with Crippen LogP contribution in [0, 0.1) is 13.8 Å². The molecule has 2 N–H and O–H groups in total. The van der Waals surface area contributed by atoms with Gasteiger partial charge < -0.3 is 15.4 Å². The van der Waals surface area contributed by atoms with Crippen LogP contribution in [0.3, 0.4) is 0 Å². The van der Waals surface area contributed by atoms with E-state index >= 15 is 0 Å². The number of amides is 1. The topological polar surface area (TPSA) is 50.4 Å². The van der Waals surface area contributed by atoms with Gasteiger partial charge in [-0.3, -0.25) is 4.79 Å². The number of aryl methyl sites for hydroxylation is 2. The summed E-state index contributed by atoms with van der Waals surface area (Å²) in [6.07, 6.45) is 2.57. The van der Waals surface area contributed by atoms with Crippen LogP contribution in [0.25, 0.3) is 0 Å². The summed E-state index contributed by atoms with van der Waals surface area (Å²) in [5.74, 6) is 0.901. The van der Waals surface area contributed by atoms with Crippen LogP contribution in [0.5, 0.6) is 5.75 Å². The standard InChI is InChI=1S/C17H26N2O2.ClH/c1-12-6-7-15(11-13(12)2)21-10-8-17(20)19-16-5-4-9-18-14(16)3;/h6-7,11,14,16,18H,4-5,8-10H2,1-3H3,(H,19,20);1H. The van der Waals surface area contributed by atoms with E-state index in [0.29, 0.717) is 19.1 Å². The Morgan fingerprint density at radius 1 is 1.36 bits per heavy atom. The molecule has 0 spiro atoms.